The Morgan fingerprint density at radius 1 is 1.53 bits per heavy atom. The fourth-order valence-electron chi connectivity index (χ4n) is 1.73. The Hall–Kier alpha value is -1.27. The molecule has 5 nitrogen and oxygen atoms in total. The van der Waals surface area contributed by atoms with Crippen LogP contribution in [-0.4, -0.2) is 35.6 Å². The van der Waals surface area contributed by atoms with Gasteiger partial charge < -0.3 is 15.6 Å². The summed E-state index contributed by atoms with van der Waals surface area (Å²) in [6.45, 7) is 4.74. The fraction of sp³-hybridized carbons (Fsp3) is 0.462. The maximum absolute atomic E-state index is 11.1. The van der Waals surface area contributed by atoms with Crippen LogP contribution in [-0.2, 0) is 11.3 Å². The van der Waals surface area contributed by atoms with Gasteiger partial charge in [0.2, 0.25) is 5.91 Å². The molecule has 0 unspecified atom stereocenters. The van der Waals surface area contributed by atoms with E-state index in [4.69, 9.17) is 10.5 Å². The molecule has 6 heteroatoms. The molecule has 1 aromatic rings. The maximum Gasteiger partial charge on any atom is 0.231 e. The molecular formula is C13H19BrN2O3. The molecule has 0 saturated carbocycles. The van der Waals surface area contributed by atoms with Gasteiger partial charge in [-0.25, -0.2) is 0 Å². The van der Waals surface area contributed by atoms with Crippen molar-refractivity contribution in [1.82, 2.24) is 4.90 Å². The van der Waals surface area contributed by atoms with Crippen LogP contribution in [0.25, 0.3) is 0 Å². The van der Waals surface area contributed by atoms with E-state index in [1.807, 2.05) is 18.7 Å². The van der Waals surface area contributed by atoms with Gasteiger partial charge in [0.25, 0.3) is 0 Å². The monoisotopic (exact) mass is 330 g/mol. The summed E-state index contributed by atoms with van der Waals surface area (Å²) in [5.41, 5.74) is 6.17. The first-order valence-corrected chi connectivity index (χ1v) is 6.72. The molecular weight excluding hydrogens is 312 g/mol. The second-order valence-electron chi connectivity index (χ2n) is 4.59. The number of primary amides is 1. The number of rotatable bonds is 6. The number of methoxy groups -OCH3 is 1. The lowest BCUT2D eigenvalue weighted by molar-refractivity contribution is -0.119. The van der Waals surface area contributed by atoms with Crippen LogP contribution < -0.4 is 10.5 Å². The molecule has 0 aromatic heterocycles. The Morgan fingerprint density at radius 2 is 2.16 bits per heavy atom. The van der Waals surface area contributed by atoms with Gasteiger partial charge in [-0.05, 0) is 47.5 Å². The second kappa shape index (κ2) is 6.77. The van der Waals surface area contributed by atoms with Crippen LogP contribution in [0, 0.1) is 0 Å². The Labute approximate surface area is 121 Å². The number of nitrogens with zero attached hydrogens (tertiary/aromatic N) is 1. The summed E-state index contributed by atoms with van der Waals surface area (Å²) in [4.78, 5) is 13.0. The largest absolute Gasteiger partial charge is 0.503 e. The fourth-order valence-corrected chi connectivity index (χ4v) is 2.22. The van der Waals surface area contributed by atoms with Crippen LogP contribution >= 0.6 is 15.9 Å². The maximum atomic E-state index is 11.1. The normalized spacial score (nSPS) is 11.1. The Morgan fingerprint density at radius 3 is 2.63 bits per heavy atom. The standard InChI is InChI=1S/C13H19BrN2O3/c1-8(2)16(7-12(15)17)6-9-4-10(14)13(18)11(5-9)19-3/h4-5,8,18H,6-7H2,1-3H3,(H2,15,17). The number of nitrogens with two attached hydrogens (primary N) is 1. The van der Waals surface area contributed by atoms with Gasteiger partial charge in [-0.3, -0.25) is 9.69 Å². The number of benzene rings is 1. The van der Waals surface area contributed by atoms with E-state index in [-0.39, 0.29) is 24.2 Å². The van der Waals surface area contributed by atoms with E-state index in [0.29, 0.717) is 16.8 Å². The van der Waals surface area contributed by atoms with E-state index >= 15 is 0 Å². The lowest BCUT2D eigenvalue weighted by Crippen LogP contribution is -2.37. The van der Waals surface area contributed by atoms with E-state index in [9.17, 15) is 9.90 Å². The number of phenolic OH excluding ortho intramolecular Hbond substituents is 1. The van der Waals surface area contributed by atoms with E-state index in [1.165, 1.54) is 7.11 Å². The molecule has 0 atom stereocenters. The molecule has 3 N–H and O–H groups in total. The molecule has 1 aromatic carbocycles. The van der Waals surface area contributed by atoms with Gasteiger partial charge in [-0.1, -0.05) is 0 Å². The van der Waals surface area contributed by atoms with Crippen LogP contribution in [0.5, 0.6) is 11.5 Å². The first-order chi connectivity index (χ1) is 8.85. The summed E-state index contributed by atoms with van der Waals surface area (Å²) >= 11 is 3.28. The predicted molar refractivity (Wildman–Crippen MR) is 77.1 cm³/mol. The minimum Gasteiger partial charge on any atom is -0.503 e. The predicted octanol–water partition coefficient (Wildman–Crippen LogP) is 1.86. The van der Waals surface area contributed by atoms with Crippen LogP contribution in [0.4, 0.5) is 0 Å². The zero-order valence-corrected chi connectivity index (χ0v) is 12.9. The lowest BCUT2D eigenvalue weighted by Gasteiger charge is -2.25. The highest BCUT2D eigenvalue weighted by Gasteiger charge is 2.15. The SMILES string of the molecule is COc1cc(CN(CC(N)=O)C(C)C)cc(Br)c1O. The van der Waals surface area contributed by atoms with E-state index in [0.717, 1.165) is 5.56 Å². The highest BCUT2D eigenvalue weighted by molar-refractivity contribution is 9.10. The number of amides is 1. The van der Waals surface area contributed by atoms with Gasteiger partial charge >= 0.3 is 0 Å². The molecule has 106 valence electrons. The summed E-state index contributed by atoms with van der Waals surface area (Å²) in [6, 6.07) is 3.73. The minimum absolute atomic E-state index is 0.0669. The number of phenols is 1. The highest BCUT2D eigenvalue weighted by Crippen LogP contribution is 2.35. The smallest absolute Gasteiger partial charge is 0.231 e. The second-order valence-corrected chi connectivity index (χ2v) is 5.45. The van der Waals surface area contributed by atoms with Crippen LogP contribution in [0.1, 0.15) is 19.4 Å². The first kappa shape index (κ1) is 15.8. The van der Waals surface area contributed by atoms with Gasteiger partial charge in [-0.2, -0.15) is 0 Å². The molecule has 0 aliphatic carbocycles. The summed E-state index contributed by atoms with van der Waals surface area (Å²) in [6.07, 6.45) is 0. The molecule has 0 aliphatic rings. The van der Waals surface area contributed by atoms with Gasteiger partial charge in [-0.15, -0.1) is 0 Å². The molecule has 0 spiro atoms. The number of carbonyl (C=O) groups excluding carboxylic acids is 1. The molecule has 1 rings (SSSR count). The zero-order chi connectivity index (χ0) is 14.6. The average Bonchev–Trinajstić information content (AvgIpc) is 2.31. The molecule has 0 aliphatic heterocycles. The molecule has 0 saturated heterocycles. The van der Waals surface area contributed by atoms with Gasteiger partial charge in [0.15, 0.2) is 11.5 Å². The average molecular weight is 331 g/mol. The number of carbonyl (C=O) groups is 1. The Balaban J connectivity index is 2.96. The van der Waals surface area contributed by atoms with Crippen LogP contribution in [0.2, 0.25) is 0 Å². The number of hydrogen-bond donors (Lipinski definition) is 2. The van der Waals surface area contributed by atoms with Gasteiger partial charge in [0, 0.05) is 12.6 Å². The third-order valence-corrected chi connectivity index (χ3v) is 3.39. The minimum atomic E-state index is -0.362. The van der Waals surface area contributed by atoms with Crippen molar-refractivity contribution < 1.29 is 14.6 Å². The Kier molecular flexibility index (Phi) is 5.62. The number of hydrogen-bond acceptors (Lipinski definition) is 4. The third-order valence-electron chi connectivity index (χ3n) is 2.78. The van der Waals surface area contributed by atoms with Crippen molar-refractivity contribution in [2.24, 2.45) is 5.73 Å². The number of ether oxygens (including phenoxy) is 1. The molecule has 0 radical (unpaired) electrons. The van der Waals surface area contributed by atoms with Gasteiger partial charge in [0.1, 0.15) is 0 Å². The summed E-state index contributed by atoms with van der Waals surface area (Å²) in [7, 11) is 1.49. The zero-order valence-electron chi connectivity index (χ0n) is 11.3. The van der Waals surface area contributed by atoms with Crippen molar-refractivity contribution >= 4 is 21.8 Å². The van der Waals surface area contributed by atoms with Crippen LogP contribution in [0.15, 0.2) is 16.6 Å². The van der Waals surface area contributed by atoms with Crippen molar-refractivity contribution in [2.75, 3.05) is 13.7 Å². The van der Waals surface area contributed by atoms with Crippen LogP contribution in [0.3, 0.4) is 0 Å². The van der Waals surface area contributed by atoms with Crippen molar-refractivity contribution in [1.29, 1.82) is 0 Å². The summed E-state index contributed by atoms with van der Waals surface area (Å²) in [5, 5.41) is 9.75. The van der Waals surface area contributed by atoms with Crippen molar-refractivity contribution in [3.8, 4) is 11.5 Å². The number of aromatic hydroxyl groups is 1. The molecule has 0 fully saturated rings. The first-order valence-electron chi connectivity index (χ1n) is 5.92. The molecule has 0 heterocycles. The van der Waals surface area contributed by atoms with Crippen molar-refractivity contribution in [2.45, 2.75) is 26.4 Å². The van der Waals surface area contributed by atoms with Crippen molar-refractivity contribution in [3.63, 3.8) is 0 Å². The summed E-state index contributed by atoms with van der Waals surface area (Å²) < 4.78 is 5.66. The van der Waals surface area contributed by atoms with E-state index in [1.54, 1.807) is 12.1 Å². The molecule has 0 bridgehead atoms. The summed E-state index contributed by atoms with van der Waals surface area (Å²) in [5.74, 6) is 0.0999. The van der Waals surface area contributed by atoms with Gasteiger partial charge in [0.05, 0.1) is 18.1 Å². The Bertz CT molecular complexity index is 463. The quantitative estimate of drug-likeness (QED) is 0.834. The third kappa shape index (κ3) is 4.40. The van der Waals surface area contributed by atoms with Crippen molar-refractivity contribution in [3.05, 3.63) is 22.2 Å². The lowest BCUT2D eigenvalue weighted by atomic mass is 10.1. The topological polar surface area (TPSA) is 75.8 Å². The van der Waals surface area contributed by atoms with E-state index in [2.05, 4.69) is 15.9 Å². The molecule has 19 heavy (non-hydrogen) atoms. The van der Waals surface area contributed by atoms with E-state index < -0.39 is 0 Å². The molecule has 1 amide bonds. The highest BCUT2D eigenvalue weighted by atomic mass is 79.9. The number of halogens is 1.